The van der Waals surface area contributed by atoms with Crippen LogP contribution in [0.4, 0.5) is 10.6 Å². The SMILES string of the molecule is CCOC(=O)N1CCCN(C2CCC3(CC2)c2cc(OC)cnc2NC3O)CC1. The van der Waals surface area contributed by atoms with E-state index in [2.05, 4.69) is 15.2 Å². The number of aliphatic hydroxyl groups is 1. The summed E-state index contributed by atoms with van der Waals surface area (Å²) < 4.78 is 10.5. The lowest BCUT2D eigenvalue weighted by atomic mass is 9.68. The average molecular weight is 405 g/mol. The first-order valence-electron chi connectivity index (χ1n) is 10.7. The molecule has 3 heterocycles. The summed E-state index contributed by atoms with van der Waals surface area (Å²) >= 11 is 0. The van der Waals surface area contributed by atoms with Crippen LogP contribution in [-0.2, 0) is 10.2 Å². The van der Waals surface area contributed by atoms with Gasteiger partial charge in [0.1, 0.15) is 17.8 Å². The number of hydrogen-bond acceptors (Lipinski definition) is 7. The van der Waals surface area contributed by atoms with Crippen molar-refractivity contribution in [3.63, 3.8) is 0 Å². The van der Waals surface area contributed by atoms with E-state index < -0.39 is 6.23 Å². The van der Waals surface area contributed by atoms with Gasteiger partial charge in [0.05, 0.1) is 19.9 Å². The van der Waals surface area contributed by atoms with Crippen LogP contribution in [0.2, 0.25) is 0 Å². The maximum atomic E-state index is 12.0. The molecule has 1 aromatic rings. The molecule has 8 heteroatoms. The van der Waals surface area contributed by atoms with E-state index in [4.69, 9.17) is 9.47 Å². The molecule has 1 aliphatic carbocycles. The van der Waals surface area contributed by atoms with Crippen LogP contribution < -0.4 is 10.1 Å². The Bertz CT molecular complexity index is 735. The van der Waals surface area contributed by atoms with Gasteiger partial charge in [-0.3, -0.25) is 4.90 Å². The van der Waals surface area contributed by atoms with Crippen LogP contribution in [0.3, 0.4) is 0 Å². The van der Waals surface area contributed by atoms with Crippen LogP contribution >= 0.6 is 0 Å². The van der Waals surface area contributed by atoms with Crippen LogP contribution in [0.5, 0.6) is 5.75 Å². The summed E-state index contributed by atoms with van der Waals surface area (Å²) in [4.78, 5) is 20.8. The summed E-state index contributed by atoms with van der Waals surface area (Å²) in [5, 5.41) is 14.0. The van der Waals surface area contributed by atoms with Gasteiger partial charge in [0, 0.05) is 43.2 Å². The molecule has 2 aliphatic heterocycles. The van der Waals surface area contributed by atoms with Gasteiger partial charge in [-0.15, -0.1) is 0 Å². The van der Waals surface area contributed by atoms with Crippen LogP contribution in [-0.4, -0.2) is 78.1 Å². The average Bonchev–Trinajstić information content (AvgIpc) is 2.90. The molecular weight excluding hydrogens is 372 g/mol. The van der Waals surface area contributed by atoms with Crippen LogP contribution in [0.1, 0.15) is 44.6 Å². The first kappa shape index (κ1) is 20.2. The largest absolute Gasteiger partial charge is 0.495 e. The third kappa shape index (κ3) is 3.75. The predicted octanol–water partition coefficient (Wildman–Crippen LogP) is 2.18. The topological polar surface area (TPSA) is 87.2 Å². The maximum absolute atomic E-state index is 12.0. The number of nitrogens with zero attached hydrogens (tertiary/aromatic N) is 3. The highest BCUT2D eigenvalue weighted by atomic mass is 16.6. The van der Waals surface area contributed by atoms with Gasteiger partial charge in [0.15, 0.2) is 0 Å². The third-order valence-electron chi connectivity index (χ3n) is 6.85. The monoisotopic (exact) mass is 404 g/mol. The number of hydrogen-bond donors (Lipinski definition) is 2. The zero-order valence-electron chi connectivity index (χ0n) is 17.4. The molecule has 1 amide bonds. The molecule has 1 saturated heterocycles. The highest BCUT2D eigenvalue weighted by molar-refractivity contribution is 5.67. The number of carbonyl (C=O) groups is 1. The van der Waals surface area contributed by atoms with E-state index in [0.717, 1.165) is 68.9 Å². The molecule has 160 valence electrons. The van der Waals surface area contributed by atoms with Crippen molar-refractivity contribution in [1.82, 2.24) is 14.8 Å². The Morgan fingerprint density at radius 3 is 2.83 bits per heavy atom. The van der Waals surface area contributed by atoms with Gasteiger partial charge < -0.3 is 24.8 Å². The molecule has 2 fully saturated rings. The second-order valence-corrected chi connectivity index (χ2v) is 8.28. The van der Waals surface area contributed by atoms with Gasteiger partial charge in [0.25, 0.3) is 0 Å². The standard InChI is InChI=1S/C21H32N4O4/c1-3-29-20(27)25-10-4-9-24(11-12-25)15-5-7-21(8-6-15)17-13-16(28-2)14-22-18(17)23-19(21)26/h13-15,19,26H,3-12H2,1-2H3,(H,22,23). The van der Waals surface area contributed by atoms with E-state index in [0.29, 0.717) is 19.2 Å². The van der Waals surface area contributed by atoms with Crippen molar-refractivity contribution in [3.05, 3.63) is 17.8 Å². The smallest absolute Gasteiger partial charge is 0.409 e. The summed E-state index contributed by atoms with van der Waals surface area (Å²) in [5.74, 6) is 1.50. The molecule has 4 rings (SSSR count). The Balaban J connectivity index is 1.41. The van der Waals surface area contributed by atoms with E-state index in [1.807, 2.05) is 17.9 Å². The van der Waals surface area contributed by atoms with Gasteiger partial charge in [-0.25, -0.2) is 9.78 Å². The molecule has 1 unspecified atom stereocenters. The number of aliphatic hydroxyl groups excluding tert-OH is 1. The van der Waals surface area contributed by atoms with Crippen molar-refractivity contribution in [2.75, 3.05) is 45.2 Å². The molecule has 2 N–H and O–H groups in total. The lowest BCUT2D eigenvalue weighted by molar-refractivity contribution is 0.0531. The van der Waals surface area contributed by atoms with Gasteiger partial charge in [-0.05, 0) is 45.1 Å². The van der Waals surface area contributed by atoms with E-state index in [9.17, 15) is 9.90 Å². The second-order valence-electron chi connectivity index (χ2n) is 8.28. The molecule has 0 aromatic carbocycles. The fraction of sp³-hybridized carbons (Fsp3) is 0.714. The van der Waals surface area contributed by atoms with Crippen LogP contribution in [0, 0.1) is 0 Å². The van der Waals surface area contributed by atoms with Crippen molar-refractivity contribution in [1.29, 1.82) is 0 Å². The highest BCUT2D eigenvalue weighted by Gasteiger charge is 2.49. The van der Waals surface area contributed by atoms with Crippen molar-refractivity contribution in [3.8, 4) is 5.75 Å². The molecule has 3 aliphatic rings. The minimum Gasteiger partial charge on any atom is -0.495 e. The Morgan fingerprint density at radius 1 is 1.31 bits per heavy atom. The molecule has 0 bridgehead atoms. The van der Waals surface area contributed by atoms with Gasteiger partial charge >= 0.3 is 6.09 Å². The first-order valence-corrected chi connectivity index (χ1v) is 10.7. The predicted molar refractivity (Wildman–Crippen MR) is 109 cm³/mol. The maximum Gasteiger partial charge on any atom is 0.409 e. The summed E-state index contributed by atoms with van der Waals surface area (Å²) in [5.41, 5.74) is 0.781. The Kier molecular flexibility index (Phi) is 5.83. The normalized spacial score (nSPS) is 29.8. The number of ether oxygens (including phenoxy) is 2. The molecule has 8 nitrogen and oxygen atoms in total. The minimum atomic E-state index is -0.610. The molecular formula is C21H32N4O4. The quantitative estimate of drug-likeness (QED) is 0.798. The van der Waals surface area contributed by atoms with Crippen molar-refractivity contribution >= 4 is 11.9 Å². The fourth-order valence-corrected chi connectivity index (χ4v) is 5.19. The third-order valence-corrected chi connectivity index (χ3v) is 6.85. The van der Waals surface area contributed by atoms with Crippen molar-refractivity contribution in [2.24, 2.45) is 0 Å². The number of aromatic nitrogens is 1. The lowest BCUT2D eigenvalue weighted by Gasteiger charge is -2.43. The molecule has 1 aromatic heterocycles. The molecule has 0 radical (unpaired) electrons. The lowest BCUT2D eigenvalue weighted by Crippen LogP contribution is -2.48. The number of methoxy groups -OCH3 is 1. The van der Waals surface area contributed by atoms with Crippen LogP contribution in [0.25, 0.3) is 0 Å². The summed E-state index contributed by atoms with van der Waals surface area (Å²) in [6.45, 7) is 5.61. The molecule has 1 atom stereocenters. The van der Waals surface area contributed by atoms with E-state index in [-0.39, 0.29) is 11.5 Å². The number of fused-ring (bicyclic) bond motifs is 2. The number of rotatable bonds is 3. The van der Waals surface area contributed by atoms with Crippen molar-refractivity contribution < 1.29 is 19.4 Å². The van der Waals surface area contributed by atoms with E-state index >= 15 is 0 Å². The Hall–Kier alpha value is -2.06. The summed E-state index contributed by atoms with van der Waals surface area (Å²) in [6.07, 6.45) is 5.71. The summed E-state index contributed by atoms with van der Waals surface area (Å²) in [7, 11) is 1.64. The number of anilines is 1. The number of carbonyl (C=O) groups excluding carboxylic acids is 1. The van der Waals surface area contributed by atoms with Crippen molar-refractivity contribution in [2.45, 2.75) is 56.7 Å². The van der Waals surface area contributed by atoms with E-state index in [1.165, 1.54) is 0 Å². The number of amides is 1. The zero-order chi connectivity index (χ0) is 20.4. The highest BCUT2D eigenvalue weighted by Crippen LogP contribution is 2.50. The molecule has 1 saturated carbocycles. The second kappa shape index (κ2) is 8.36. The zero-order valence-corrected chi connectivity index (χ0v) is 17.4. The number of pyridine rings is 1. The minimum absolute atomic E-state index is 0.199. The van der Waals surface area contributed by atoms with Gasteiger partial charge in [-0.2, -0.15) is 0 Å². The molecule has 29 heavy (non-hydrogen) atoms. The summed E-state index contributed by atoms with van der Waals surface area (Å²) in [6, 6.07) is 2.51. The first-order chi connectivity index (χ1) is 14.1. The van der Waals surface area contributed by atoms with E-state index in [1.54, 1.807) is 13.3 Å². The van der Waals surface area contributed by atoms with Gasteiger partial charge in [-0.1, -0.05) is 0 Å². The Labute approximate surface area is 172 Å². The van der Waals surface area contributed by atoms with Crippen LogP contribution in [0.15, 0.2) is 12.3 Å². The molecule has 1 spiro atoms. The van der Waals surface area contributed by atoms with Gasteiger partial charge in [0.2, 0.25) is 0 Å². The number of nitrogens with one attached hydrogen (secondary N) is 1. The Morgan fingerprint density at radius 2 is 2.10 bits per heavy atom. The fourth-order valence-electron chi connectivity index (χ4n) is 5.19.